The Labute approximate surface area is 85.3 Å². The van der Waals surface area contributed by atoms with Crippen LogP contribution in [0, 0.1) is 0 Å². The highest BCUT2D eigenvalue weighted by molar-refractivity contribution is 5.64. The third-order valence-corrected chi connectivity index (χ3v) is 1.20. The van der Waals surface area contributed by atoms with Gasteiger partial charge in [-0.3, -0.25) is 0 Å². The molecule has 0 heterocycles. The molecule has 8 nitrogen and oxygen atoms in total. The molecule has 0 rings (SSSR count). The van der Waals surface area contributed by atoms with E-state index in [9.17, 15) is 9.59 Å². The molecule has 15 heavy (non-hydrogen) atoms. The molecule has 0 bridgehead atoms. The van der Waals surface area contributed by atoms with Gasteiger partial charge >= 0.3 is 5.97 Å². The van der Waals surface area contributed by atoms with Crippen LogP contribution in [0.5, 0.6) is 0 Å². The molecule has 5 N–H and O–H groups in total. The van der Waals surface area contributed by atoms with Crippen LogP contribution in [-0.4, -0.2) is 62.9 Å². The van der Waals surface area contributed by atoms with E-state index in [2.05, 4.69) is 4.89 Å². The van der Waals surface area contributed by atoms with E-state index >= 15 is 0 Å². The van der Waals surface area contributed by atoms with Gasteiger partial charge in [-0.15, -0.1) is 0 Å². The Morgan fingerprint density at radius 2 is 1.80 bits per heavy atom. The third-order valence-electron chi connectivity index (χ3n) is 1.20. The topological polar surface area (TPSA) is 145 Å². The summed E-state index contributed by atoms with van der Waals surface area (Å²) in [7, 11) is 0. The maximum atomic E-state index is 9.76. The average Bonchev–Trinajstić information content (AvgIpc) is 2.26. The molecule has 0 aromatic rings. The van der Waals surface area contributed by atoms with Crippen molar-refractivity contribution in [2.75, 3.05) is 6.61 Å². The van der Waals surface area contributed by atoms with Crippen LogP contribution in [0.3, 0.4) is 0 Å². The van der Waals surface area contributed by atoms with E-state index in [4.69, 9.17) is 25.7 Å². The summed E-state index contributed by atoms with van der Waals surface area (Å²) in [6, 6.07) is 0. The molecule has 8 heteroatoms. The number of aliphatic hydroxyl groups excluding tert-OH is 4. The van der Waals surface area contributed by atoms with E-state index in [1.807, 2.05) is 0 Å². The smallest absolute Gasteiger partial charge is 0.339 e. The molecule has 0 radical (unpaired) electrons. The van der Waals surface area contributed by atoms with Gasteiger partial charge in [0.05, 0.1) is 6.61 Å². The third kappa shape index (κ3) is 9.25. The first-order chi connectivity index (χ1) is 6.90. The highest BCUT2D eigenvalue weighted by atomic mass is 17.1. The van der Waals surface area contributed by atoms with Crippen LogP contribution in [0.4, 0.5) is 0 Å². The van der Waals surface area contributed by atoms with E-state index in [0.717, 1.165) is 6.92 Å². The molecule has 0 saturated carbocycles. The zero-order valence-corrected chi connectivity index (χ0v) is 7.98. The van der Waals surface area contributed by atoms with Gasteiger partial charge in [0.1, 0.15) is 18.3 Å². The molecule has 0 aromatic carbocycles. The number of carbonyl (C=O) groups excluding carboxylic acids is 2. The van der Waals surface area contributed by atoms with Gasteiger partial charge in [0.2, 0.25) is 0 Å². The standard InChI is InChI=1S/C5H10O5.C2H4O3/c6-1-3(8)5(10)4(9)2-7;1-2(3)5-4/h1,3-5,7-10H,2H2;4H,1H3/t3-,4+,5-;/m0./s1. The number of hydrogen-bond acceptors (Lipinski definition) is 8. The van der Waals surface area contributed by atoms with Gasteiger partial charge in [-0.2, -0.15) is 5.26 Å². The van der Waals surface area contributed by atoms with Crippen molar-refractivity contribution in [3.8, 4) is 0 Å². The molecule has 3 atom stereocenters. The highest BCUT2D eigenvalue weighted by Crippen LogP contribution is 1.96. The Kier molecular flexibility index (Phi) is 10.4. The molecule has 0 saturated heterocycles. The zero-order chi connectivity index (χ0) is 12.4. The summed E-state index contributed by atoms with van der Waals surface area (Å²) < 4.78 is 0. The lowest BCUT2D eigenvalue weighted by molar-refractivity contribution is -0.231. The van der Waals surface area contributed by atoms with E-state index in [1.54, 1.807) is 0 Å². The fourth-order valence-corrected chi connectivity index (χ4v) is 0.416. The fourth-order valence-electron chi connectivity index (χ4n) is 0.416. The Morgan fingerprint density at radius 3 is 2.00 bits per heavy atom. The Balaban J connectivity index is 0. The first kappa shape index (κ1) is 16.4. The van der Waals surface area contributed by atoms with Crippen LogP contribution in [-0.2, 0) is 14.5 Å². The summed E-state index contributed by atoms with van der Waals surface area (Å²) in [6.07, 6.45) is -4.63. The summed E-state index contributed by atoms with van der Waals surface area (Å²) >= 11 is 0. The van der Waals surface area contributed by atoms with Gasteiger partial charge < -0.3 is 30.1 Å². The van der Waals surface area contributed by atoms with Crippen molar-refractivity contribution >= 4 is 12.3 Å². The van der Waals surface area contributed by atoms with Gasteiger partial charge in [-0.1, -0.05) is 0 Å². The largest absolute Gasteiger partial charge is 0.394 e. The summed E-state index contributed by atoms with van der Waals surface area (Å²) in [5.74, 6) is -0.690. The molecule has 0 unspecified atom stereocenters. The molecule has 0 aliphatic carbocycles. The summed E-state index contributed by atoms with van der Waals surface area (Å²) in [6.45, 7) is 0.423. The summed E-state index contributed by atoms with van der Waals surface area (Å²) in [5.41, 5.74) is 0. The van der Waals surface area contributed by atoms with E-state index in [1.165, 1.54) is 0 Å². The molecule has 0 aromatic heterocycles. The van der Waals surface area contributed by atoms with E-state index < -0.39 is 30.9 Å². The molecule has 0 fully saturated rings. The maximum Gasteiger partial charge on any atom is 0.339 e. The second kappa shape index (κ2) is 9.49. The summed E-state index contributed by atoms with van der Waals surface area (Å²) in [5, 5.41) is 41.3. The predicted octanol–water partition coefficient (Wildman–Crippen LogP) is -2.72. The highest BCUT2D eigenvalue weighted by Gasteiger charge is 2.22. The van der Waals surface area contributed by atoms with Crippen LogP contribution in [0.25, 0.3) is 0 Å². The number of aliphatic hydroxyl groups is 4. The molecule has 90 valence electrons. The number of rotatable bonds is 4. The van der Waals surface area contributed by atoms with Crippen molar-refractivity contribution < 1.29 is 40.2 Å². The van der Waals surface area contributed by atoms with Crippen LogP contribution in [0.1, 0.15) is 6.92 Å². The molecule has 0 aliphatic heterocycles. The van der Waals surface area contributed by atoms with Gasteiger partial charge in [0.25, 0.3) is 0 Å². The second-order valence-electron chi connectivity index (χ2n) is 2.45. The summed E-state index contributed by atoms with van der Waals surface area (Å²) in [4.78, 5) is 22.2. The quantitative estimate of drug-likeness (QED) is 0.197. The first-order valence-electron chi connectivity index (χ1n) is 3.83. The van der Waals surface area contributed by atoms with Crippen molar-refractivity contribution in [2.45, 2.75) is 25.2 Å². The first-order valence-corrected chi connectivity index (χ1v) is 3.83. The van der Waals surface area contributed by atoms with Crippen molar-refractivity contribution in [2.24, 2.45) is 0 Å². The number of aldehydes is 1. The van der Waals surface area contributed by atoms with Crippen LogP contribution >= 0.6 is 0 Å². The SMILES string of the molecule is CC(=O)OO.O=C[C@H](O)[C@H](O)[C@H](O)CO. The van der Waals surface area contributed by atoms with Gasteiger partial charge in [0.15, 0.2) is 6.29 Å². The van der Waals surface area contributed by atoms with Crippen molar-refractivity contribution in [1.82, 2.24) is 0 Å². The average molecular weight is 226 g/mol. The minimum Gasteiger partial charge on any atom is -0.394 e. The van der Waals surface area contributed by atoms with Crippen LogP contribution in [0.2, 0.25) is 0 Å². The van der Waals surface area contributed by atoms with Crippen molar-refractivity contribution in [3.05, 3.63) is 0 Å². The Morgan fingerprint density at radius 1 is 1.40 bits per heavy atom. The fraction of sp³-hybridized carbons (Fsp3) is 0.714. The molecule has 0 amide bonds. The lowest BCUT2D eigenvalue weighted by Crippen LogP contribution is -2.40. The zero-order valence-electron chi connectivity index (χ0n) is 7.98. The van der Waals surface area contributed by atoms with Crippen molar-refractivity contribution in [1.29, 1.82) is 0 Å². The van der Waals surface area contributed by atoms with Gasteiger partial charge in [0, 0.05) is 6.92 Å². The maximum absolute atomic E-state index is 9.76. The lowest BCUT2D eigenvalue weighted by Gasteiger charge is -2.16. The molecule has 0 spiro atoms. The van der Waals surface area contributed by atoms with Crippen LogP contribution in [0.15, 0.2) is 0 Å². The Bertz CT molecular complexity index is 182. The monoisotopic (exact) mass is 226 g/mol. The molecular weight excluding hydrogens is 212 g/mol. The predicted molar refractivity (Wildman–Crippen MR) is 45.6 cm³/mol. The van der Waals surface area contributed by atoms with Crippen LogP contribution < -0.4 is 0 Å². The van der Waals surface area contributed by atoms with Gasteiger partial charge in [-0.25, -0.2) is 4.79 Å². The Hall–Kier alpha value is -1.06. The number of carbonyl (C=O) groups is 2. The van der Waals surface area contributed by atoms with Crippen molar-refractivity contribution in [3.63, 3.8) is 0 Å². The molecule has 0 aliphatic rings. The number of hydrogen-bond donors (Lipinski definition) is 5. The van der Waals surface area contributed by atoms with E-state index in [0.29, 0.717) is 0 Å². The van der Waals surface area contributed by atoms with E-state index in [-0.39, 0.29) is 6.29 Å². The minimum atomic E-state index is -1.64. The second-order valence-corrected chi connectivity index (χ2v) is 2.45. The molecular formula is C7H14O8. The minimum absolute atomic E-state index is 0.0869. The lowest BCUT2D eigenvalue weighted by atomic mass is 10.1. The van der Waals surface area contributed by atoms with Gasteiger partial charge in [-0.05, 0) is 0 Å². The normalized spacial score (nSPS) is 15.3.